The number of para-hydroxylation sites is 2. The van der Waals surface area contributed by atoms with E-state index >= 15 is 0 Å². The Morgan fingerprint density at radius 3 is 1.78 bits per heavy atom. The van der Waals surface area contributed by atoms with Gasteiger partial charge >= 0.3 is 0 Å². The number of benzene rings is 2. The highest BCUT2D eigenvalue weighted by Gasteiger charge is 2.62. The van der Waals surface area contributed by atoms with Gasteiger partial charge in [-0.2, -0.15) is 0 Å². The van der Waals surface area contributed by atoms with Crippen molar-refractivity contribution >= 4 is 11.4 Å². The van der Waals surface area contributed by atoms with Gasteiger partial charge in [0, 0.05) is 22.5 Å². The van der Waals surface area contributed by atoms with E-state index in [1.54, 1.807) is 22.6 Å². The van der Waals surface area contributed by atoms with Crippen LogP contribution in [0.5, 0.6) is 0 Å². The summed E-state index contributed by atoms with van der Waals surface area (Å²) in [5.74, 6) is 2.29. The monoisotopic (exact) mass is 494 g/mol. The van der Waals surface area contributed by atoms with Gasteiger partial charge in [0.2, 0.25) is 0 Å². The summed E-state index contributed by atoms with van der Waals surface area (Å²) >= 11 is 0. The molecule has 0 aromatic heterocycles. The molecule has 0 spiro atoms. The lowest BCUT2D eigenvalue weighted by Gasteiger charge is -2.46. The van der Waals surface area contributed by atoms with Gasteiger partial charge in [-0.15, -0.1) is 0 Å². The first kappa shape index (κ1) is 23.9. The highest BCUT2D eigenvalue weighted by atomic mass is 15.4. The first-order chi connectivity index (χ1) is 18.2. The number of anilines is 2. The number of hydrogen-bond donors (Lipinski definition) is 0. The minimum atomic E-state index is 0.196. The summed E-state index contributed by atoms with van der Waals surface area (Å²) in [6.07, 6.45) is 20.1. The van der Waals surface area contributed by atoms with E-state index in [0.717, 1.165) is 17.8 Å². The minimum absolute atomic E-state index is 0.196. The van der Waals surface area contributed by atoms with Gasteiger partial charge in [-0.25, -0.2) is 0 Å². The summed E-state index contributed by atoms with van der Waals surface area (Å²) in [7, 11) is 0. The molecule has 3 saturated carbocycles. The molecule has 3 fully saturated rings. The molecule has 2 aromatic carbocycles. The fraction of sp³-hybridized carbons (Fsp3) is 0.600. The smallest absolute Gasteiger partial charge is 0.113 e. The molecule has 196 valence electrons. The third kappa shape index (κ3) is 3.50. The Morgan fingerprint density at radius 1 is 0.595 bits per heavy atom. The Labute approximate surface area is 225 Å². The van der Waals surface area contributed by atoms with Crippen molar-refractivity contribution in [2.24, 2.45) is 17.8 Å². The van der Waals surface area contributed by atoms with Gasteiger partial charge in [0.25, 0.3) is 0 Å². The summed E-state index contributed by atoms with van der Waals surface area (Å²) in [5, 5.41) is 0. The predicted octanol–water partition coefficient (Wildman–Crippen LogP) is 9.48. The van der Waals surface area contributed by atoms with Crippen molar-refractivity contribution in [1.82, 2.24) is 0 Å². The number of aryl methyl sites for hydroxylation is 1. The van der Waals surface area contributed by atoms with Crippen LogP contribution in [0.1, 0.15) is 108 Å². The molecule has 2 aliphatic heterocycles. The molecule has 2 heterocycles. The molecule has 37 heavy (non-hydrogen) atoms. The Morgan fingerprint density at radius 2 is 1.14 bits per heavy atom. The summed E-state index contributed by atoms with van der Waals surface area (Å²) in [6, 6.07) is 19.0. The third-order valence-electron chi connectivity index (χ3n) is 11.2. The molecule has 5 aliphatic rings. The number of hydrogen-bond acceptors (Lipinski definition) is 2. The Balaban J connectivity index is 1.49. The molecule has 2 aromatic rings. The normalized spacial score (nSPS) is 29.3. The maximum atomic E-state index is 2.94. The Bertz CT molecular complexity index is 1160. The van der Waals surface area contributed by atoms with Crippen LogP contribution in [0.2, 0.25) is 0 Å². The van der Waals surface area contributed by atoms with Gasteiger partial charge in [0.05, 0.1) is 5.70 Å². The summed E-state index contributed by atoms with van der Waals surface area (Å²) in [4.78, 5) is 5.78. The SMILES string of the molecule is CC1=C2N(c3ccccc3C2(C2CCCCC2)C2CCCC2)C(C2CCCCC2)N1c1ccccc1C. The average molecular weight is 495 g/mol. The quantitative estimate of drug-likeness (QED) is 0.417. The van der Waals surface area contributed by atoms with Crippen LogP contribution in [0, 0.1) is 24.7 Å². The summed E-state index contributed by atoms with van der Waals surface area (Å²) < 4.78 is 0. The largest absolute Gasteiger partial charge is 0.322 e. The zero-order valence-corrected chi connectivity index (χ0v) is 23.2. The molecule has 0 radical (unpaired) electrons. The average Bonchev–Trinajstić information content (AvgIpc) is 3.65. The van der Waals surface area contributed by atoms with E-state index in [1.165, 1.54) is 101 Å². The van der Waals surface area contributed by atoms with Crippen molar-refractivity contribution in [2.75, 3.05) is 9.80 Å². The lowest BCUT2D eigenvalue weighted by Crippen LogP contribution is -2.48. The second kappa shape index (κ2) is 9.51. The number of rotatable bonds is 4. The third-order valence-corrected chi connectivity index (χ3v) is 11.2. The van der Waals surface area contributed by atoms with Gasteiger partial charge in [-0.1, -0.05) is 87.8 Å². The molecule has 2 unspecified atom stereocenters. The predicted molar refractivity (Wildman–Crippen MR) is 156 cm³/mol. The van der Waals surface area contributed by atoms with E-state index in [4.69, 9.17) is 0 Å². The van der Waals surface area contributed by atoms with Crippen LogP contribution in [0.4, 0.5) is 11.4 Å². The highest BCUT2D eigenvalue weighted by Crippen LogP contribution is 2.66. The fourth-order valence-electron chi connectivity index (χ4n) is 9.77. The van der Waals surface area contributed by atoms with E-state index in [2.05, 4.69) is 72.2 Å². The topological polar surface area (TPSA) is 6.48 Å². The molecule has 3 aliphatic carbocycles. The molecule has 7 rings (SSSR count). The fourth-order valence-corrected chi connectivity index (χ4v) is 9.77. The lowest BCUT2D eigenvalue weighted by atomic mass is 9.57. The number of allylic oxidation sites excluding steroid dienone is 2. The molecular weight excluding hydrogens is 448 g/mol. The molecule has 0 bridgehead atoms. The lowest BCUT2D eigenvalue weighted by molar-refractivity contribution is 0.166. The van der Waals surface area contributed by atoms with Gasteiger partial charge in [-0.05, 0) is 93.4 Å². The molecular formula is C35H46N2. The van der Waals surface area contributed by atoms with Crippen molar-refractivity contribution in [3.63, 3.8) is 0 Å². The first-order valence-electron chi connectivity index (χ1n) is 15.7. The van der Waals surface area contributed by atoms with Crippen molar-refractivity contribution < 1.29 is 0 Å². The molecule has 2 atom stereocenters. The second-order valence-corrected chi connectivity index (χ2v) is 13.0. The molecule has 2 nitrogen and oxygen atoms in total. The van der Waals surface area contributed by atoms with E-state index in [1.807, 2.05) is 0 Å². The van der Waals surface area contributed by atoms with E-state index in [0.29, 0.717) is 6.17 Å². The van der Waals surface area contributed by atoms with Crippen LogP contribution in [0.3, 0.4) is 0 Å². The Kier molecular flexibility index (Phi) is 6.13. The van der Waals surface area contributed by atoms with Crippen LogP contribution < -0.4 is 9.80 Å². The van der Waals surface area contributed by atoms with Crippen LogP contribution in [-0.2, 0) is 5.41 Å². The van der Waals surface area contributed by atoms with E-state index in [9.17, 15) is 0 Å². The molecule has 0 amide bonds. The first-order valence-corrected chi connectivity index (χ1v) is 15.7. The van der Waals surface area contributed by atoms with Crippen molar-refractivity contribution in [3.05, 3.63) is 71.1 Å². The van der Waals surface area contributed by atoms with Crippen molar-refractivity contribution in [3.8, 4) is 0 Å². The Hall–Kier alpha value is -2.22. The highest BCUT2D eigenvalue weighted by molar-refractivity contribution is 5.79. The number of fused-ring (bicyclic) bond motifs is 3. The van der Waals surface area contributed by atoms with Crippen LogP contribution in [0.15, 0.2) is 59.9 Å². The van der Waals surface area contributed by atoms with Gasteiger partial charge < -0.3 is 9.80 Å². The van der Waals surface area contributed by atoms with Crippen LogP contribution in [-0.4, -0.2) is 6.17 Å². The summed E-state index contributed by atoms with van der Waals surface area (Å²) in [6.45, 7) is 4.84. The van der Waals surface area contributed by atoms with Crippen molar-refractivity contribution in [1.29, 1.82) is 0 Å². The van der Waals surface area contributed by atoms with Crippen LogP contribution in [0.25, 0.3) is 0 Å². The van der Waals surface area contributed by atoms with E-state index in [-0.39, 0.29) is 5.41 Å². The standard InChI is InChI=1S/C35H46N2/c1-25-15-9-13-23-31(25)36-26(2)33-35(29-20-10-11-21-29,28-18-7-4-8-19-28)30-22-12-14-24-32(30)37(33)34(36)27-16-5-3-6-17-27/h9,12-15,22-24,27-29,34H,3-8,10-11,16-21H2,1-2H3. The van der Waals surface area contributed by atoms with Crippen molar-refractivity contribution in [2.45, 2.75) is 115 Å². The molecule has 0 saturated heterocycles. The molecule has 2 heteroatoms. The molecule has 0 N–H and O–H groups in total. The maximum absolute atomic E-state index is 2.94. The maximum Gasteiger partial charge on any atom is 0.113 e. The minimum Gasteiger partial charge on any atom is -0.322 e. The zero-order chi connectivity index (χ0) is 25.0. The second-order valence-electron chi connectivity index (χ2n) is 13.0. The van der Waals surface area contributed by atoms with Gasteiger partial charge in [-0.3, -0.25) is 0 Å². The van der Waals surface area contributed by atoms with Gasteiger partial charge in [0.1, 0.15) is 6.17 Å². The van der Waals surface area contributed by atoms with Gasteiger partial charge in [0.15, 0.2) is 0 Å². The zero-order valence-electron chi connectivity index (χ0n) is 23.2. The van der Waals surface area contributed by atoms with E-state index < -0.39 is 0 Å². The number of nitrogens with zero attached hydrogens (tertiary/aromatic N) is 2. The summed E-state index contributed by atoms with van der Waals surface area (Å²) in [5.41, 5.74) is 9.61. The van der Waals surface area contributed by atoms with Crippen LogP contribution >= 0.6 is 0 Å².